The number of amides is 1. The van der Waals surface area contributed by atoms with Crippen LogP contribution in [0.15, 0.2) is 94.5 Å². The van der Waals surface area contributed by atoms with Gasteiger partial charge in [-0.15, -0.1) is 0 Å². The van der Waals surface area contributed by atoms with Gasteiger partial charge in [-0.3, -0.25) is 4.79 Å². The maximum atomic E-state index is 12.5. The fraction of sp³-hybridized carbons (Fsp3) is 0.0741. The van der Waals surface area contributed by atoms with Crippen LogP contribution in [0.25, 0.3) is 10.8 Å². The van der Waals surface area contributed by atoms with Gasteiger partial charge in [-0.05, 0) is 60.2 Å². The highest BCUT2D eigenvalue weighted by Crippen LogP contribution is 2.23. The summed E-state index contributed by atoms with van der Waals surface area (Å²) < 4.78 is 11.9. The van der Waals surface area contributed by atoms with Gasteiger partial charge >= 0.3 is 5.97 Å². The van der Waals surface area contributed by atoms with E-state index in [0.717, 1.165) is 20.8 Å². The van der Waals surface area contributed by atoms with Crippen LogP contribution in [-0.2, 0) is 4.79 Å². The van der Waals surface area contributed by atoms with Gasteiger partial charge in [-0.25, -0.2) is 10.2 Å². The lowest BCUT2D eigenvalue weighted by Crippen LogP contribution is -2.24. The highest BCUT2D eigenvalue weighted by molar-refractivity contribution is 9.10. The smallest absolute Gasteiger partial charge is 0.343 e. The standard InChI is InChI=1S/C27H21BrN2O4/c1-18-5-4-8-21(13-18)27(32)34-25-12-10-23(28)14-22(25)16-29-30-26(31)17-33-24-11-9-19-6-2-3-7-20(19)15-24/h2-16H,17H2,1H3,(H,30,31)/b29-16-. The van der Waals surface area contributed by atoms with Crippen LogP contribution in [0.4, 0.5) is 0 Å². The van der Waals surface area contributed by atoms with Crippen molar-refractivity contribution < 1.29 is 19.1 Å². The number of aryl methyl sites for hydroxylation is 1. The number of hydrogen-bond donors (Lipinski definition) is 1. The van der Waals surface area contributed by atoms with Crippen molar-refractivity contribution >= 4 is 44.8 Å². The Labute approximate surface area is 205 Å². The summed E-state index contributed by atoms with van der Waals surface area (Å²) >= 11 is 3.40. The molecule has 4 aromatic rings. The molecule has 7 heteroatoms. The lowest BCUT2D eigenvalue weighted by molar-refractivity contribution is -0.123. The largest absolute Gasteiger partial charge is 0.484 e. The number of nitrogens with zero attached hydrogens (tertiary/aromatic N) is 1. The maximum absolute atomic E-state index is 12.5. The quantitative estimate of drug-likeness (QED) is 0.149. The first-order valence-electron chi connectivity index (χ1n) is 10.5. The van der Waals surface area contributed by atoms with Gasteiger partial charge in [-0.1, -0.05) is 64.0 Å². The molecule has 1 N–H and O–H groups in total. The lowest BCUT2D eigenvalue weighted by Gasteiger charge is -2.09. The van der Waals surface area contributed by atoms with Crippen molar-refractivity contribution in [1.29, 1.82) is 0 Å². The third kappa shape index (κ3) is 6.08. The van der Waals surface area contributed by atoms with Crippen molar-refractivity contribution in [1.82, 2.24) is 5.43 Å². The first kappa shape index (κ1) is 23.2. The monoisotopic (exact) mass is 516 g/mol. The molecule has 34 heavy (non-hydrogen) atoms. The van der Waals surface area contributed by atoms with Crippen molar-refractivity contribution in [3.63, 3.8) is 0 Å². The van der Waals surface area contributed by atoms with Crippen molar-refractivity contribution in [3.05, 3.63) is 106 Å². The molecule has 6 nitrogen and oxygen atoms in total. The number of hydrogen-bond acceptors (Lipinski definition) is 5. The molecule has 0 aliphatic heterocycles. The number of carbonyl (C=O) groups is 2. The first-order valence-corrected chi connectivity index (χ1v) is 11.3. The first-order chi connectivity index (χ1) is 16.5. The van der Waals surface area contributed by atoms with Crippen LogP contribution in [0.1, 0.15) is 21.5 Å². The molecule has 0 aromatic heterocycles. The predicted octanol–water partition coefficient (Wildman–Crippen LogP) is 5.66. The molecule has 1 amide bonds. The molecule has 0 saturated heterocycles. The summed E-state index contributed by atoms with van der Waals surface area (Å²) in [5.41, 5.74) is 4.35. The highest BCUT2D eigenvalue weighted by atomic mass is 79.9. The van der Waals surface area contributed by atoms with Gasteiger partial charge < -0.3 is 9.47 Å². The number of halogens is 1. The normalized spacial score (nSPS) is 10.9. The Morgan fingerprint density at radius 3 is 2.59 bits per heavy atom. The average Bonchev–Trinajstić information content (AvgIpc) is 2.84. The summed E-state index contributed by atoms with van der Waals surface area (Å²) in [4.78, 5) is 24.7. The van der Waals surface area contributed by atoms with E-state index in [4.69, 9.17) is 9.47 Å². The molecule has 0 radical (unpaired) electrons. The molecule has 0 heterocycles. The zero-order valence-corrected chi connectivity index (χ0v) is 19.9. The number of rotatable bonds is 7. The minimum atomic E-state index is -0.478. The van der Waals surface area contributed by atoms with Crippen LogP contribution in [0, 0.1) is 6.92 Å². The molecule has 0 spiro atoms. The van der Waals surface area contributed by atoms with E-state index in [-0.39, 0.29) is 6.61 Å². The van der Waals surface area contributed by atoms with E-state index in [1.54, 1.807) is 36.4 Å². The third-order valence-corrected chi connectivity index (χ3v) is 5.41. The Hall–Kier alpha value is -3.97. The molecule has 0 unspecified atom stereocenters. The molecule has 0 aliphatic carbocycles. The van der Waals surface area contributed by atoms with E-state index < -0.39 is 11.9 Å². The summed E-state index contributed by atoms with van der Waals surface area (Å²) in [6.45, 7) is 1.71. The second-order valence-corrected chi connectivity index (χ2v) is 8.45. The van der Waals surface area contributed by atoms with Gasteiger partial charge in [0, 0.05) is 10.0 Å². The number of nitrogens with one attached hydrogen (secondary N) is 1. The second-order valence-electron chi connectivity index (χ2n) is 7.53. The van der Waals surface area contributed by atoms with Gasteiger partial charge in [0.1, 0.15) is 11.5 Å². The fourth-order valence-corrected chi connectivity index (χ4v) is 3.63. The van der Waals surface area contributed by atoms with Gasteiger partial charge in [0.05, 0.1) is 11.8 Å². The summed E-state index contributed by atoms with van der Waals surface area (Å²) in [5, 5.41) is 6.11. The molecular formula is C27H21BrN2O4. The number of fused-ring (bicyclic) bond motifs is 1. The number of ether oxygens (including phenoxy) is 2. The lowest BCUT2D eigenvalue weighted by atomic mass is 10.1. The Balaban J connectivity index is 1.37. The molecule has 170 valence electrons. The molecule has 4 rings (SSSR count). The van der Waals surface area contributed by atoms with Crippen LogP contribution >= 0.6 is 15.9 Å². The molecule has 0 bridgehead atoms. The molecule has 0 fully saturated rings. The third-order valence-electron chi connectivity index (χ3n) is 4.91. The molecule has 0 atom stereocenters. The van der Waals surface area contributed by atoms with E-state index >= 15 is 0 Å². The summed E-state index contributed by atoms with van der Waals surface area (Å²) in [5.74, 6) is 0.0153. The molecule has 0 saturated carbocycles. The van der Waals surface area contributed by atoms with Crippen LogP contribution in [0.2, 0.25) is 0 Å². The van der Waals surface area contributed by atoms with Crippen LogP contribution in [0.3, 0.4) is 0 Å². The molecule has 0 aliphatic rings. The summed E-state index contributed by atoms with van der Waals surface area (Å²) in [6, 6.07) is 25.8. The fourth-order valence-electron chi connectivity index (χ4n) is 3.26. The topological polar surface area (TPSA) is 77.0 Å². The number of hydrazone groups is 1. The van der Waals surface area contributed by atoms with Crippen LogP contribution in [-0.4, -0.2) is 24.7 Å². The van der Waals surface area contributed by atoms with Gasteiger partial charge in [0.2, 0.25) is 0 Å². The maximum Gasteiger partial charge on any atom is 0.343 e. The van der Waals surface area contributed by atoms with Gasteiger partial charge in [-0.2, -0.15) is 5.10 Å². The van der Waals surface area contributed by atoms with Gasteiger partial charge in [0.15, 0.2) is 6.61 Å². The number of carbonyl (C=O) groups excluding carboxylic acids is 2. The van der Waals surface area contributed by atoms with Crippen molar-refractivity contribution in [2.45, 2.75) is 6.92 Å². The Kier molecular flexibility index (Phi) is 7.34. The van der Waals surface area contributed by atoms with E-state index in [0.29, 0.717) is 22.6 Å². The Morgan fingerprint density at radius 1 is 0.941 bits per heavy atom. The van der Waals surface area contributed by atoms with E-state index in [1.807, 2.05) is 55.5 Å². The average molecular weight is 517 g/mol. The van der Waals surface area contributed by atoms with Crippen molar-refractivity contribution in [3.8, 4) is 11.5 Å². The number of benzene rings is 4. The Bertz CT molecular complexity index is 1380. The minimum absolute atomic E-state index is 0.191. The predicted molar refractivity (Wildman–Crippen MR) is 135 cm³/mol. The Morgan fingerprint density at radius 2 is 1.76 bits per heavy atom. The number of esters is 1. The van der Waals surface area contributed by atoms with Crippen molar-refractivity contribution in [2.24, 2.45) is 5.10 Å². The minimum Gasteiger partial charge on any atom is -0.484 e. The van der Waals surface area contributed by atoms with E-state index in [1.165, 1.54) is 6.21 Å². The molecule has 4 aromatic carbocycles. The van der Waals surface area contributed by atoms with Gasteiger partial charge in [0.25, 0.3) is 5.91 Å². The summed E-state index contributed by atoms with van der Waals surface area (Å²) in [6.07, 6.45) is 1.41. The van der Waals surface area contributed by atoms with Crippen molar-refractivity contribution in [2.75, 3.05) is 6.61 Å². The van der Waals surface area contributed by atoms with E-state index in [2.05, 4.69) is 26.5 Å². The SMILES string of the molecule is Cc1cccc(C(=O)Oc2ccc(Br)cc2/C=N\NC(=O)COc2ccc3ccccc3c2)c1. The second kappa shape index (κ2) is 10.8. The zero-order chi connectivity index (χ0) is 23.9. The van der Waals surface area contributed by atoms with Crippen LogP contribution < -0.4 is 14.9 Å². The van der Waals surface area contributed by atoms with E-state index in [9.17, 15) is 9.59 Å². The zero-order valence-electron chi connectivity index (χ0n) is 18.3. The molecular weight excluding hydrogens is 496 g/mol. The highest BCUT2D eigenvalue weighted by Gasteiger charge is 2.12. The summed E-state index contributed by atoms with van der Waals surface area (Å²) in [7, 11) is 0. The van der Waals surface area contributed by atoms with Crippen LogP contribution in [0.5, 0.6) is 11.5 Å².